The van der Waals surface area contributed by atoms with Crippen molar-refractivity contribution in [2.75, 3.05) is 45.4 Å². The Morgan fingerprint density at radius 3 is 2.50 bits per heavy atom. The minimum atomic E-state index is -0.700. The van der Waals surface area contributed by atoms with Crippen LogP contribution in [0.2, 0.25) is 0 Å². The molecule has 7 heteroatoms. The normalized spacial score (nSPS) is 19.9. The van der Waals surface area contributed by atoms with E-state index in [-0.39, 0.29) is 29.9 Å². The molecule has 2 aliphatic heterocycles. The van der Waals surface area contributed by atoms with Gasteiger partial charge in [-0.1, -0.05) is 45.0 Å². The van der Waals surface area contributed by atoms with Gasteiger partial charge in [0.15, 0.2) is 0 Å². The first kappa shape index (κ1) is 23.8. The maximum atomic E-state index is 13.2. The first-order chi connectivity index (χ1) is 16.1. The van der Waals surface area contributed by atoms with Crippen LogP contribution in [0.4, 0.5) is 5.69 Å². The van der Waals surface area contributed by atoms with Gasteiger partial charge in [-0.3, -0.25) is 9.59 Å². The second-order valence-electron chi connectivity index (χ2n) is 9.81. The van der Waals surface area contributed by atoms with E-state index in [0.717, 1.165) is 29.1 Å². The van der Waals surface area contributed by atoms with Gasteiger partial charge >= 0.3 is 0 Å². The molecule has 0 saturated carbocycles. The van der Waals surface area contributed by atoms with Gasteiger partial charge in [0, 0.05) is 26.3 Å². The summed E-state index contributed by atoms with van der Waals surface area (Å²) in [7, 11) is 3.50. The predicted molar refractivity (Wildman–Crippen MR) is 131 cm³/mol. The predicted octanol–water partition coefficient (Wildman–Crippen LogP) is 3.88. The van der Waals surface area contributed by atoms with Crippen molar-refractivity contribution in [3.8, 4) is 5.75 Å². The van der Waals surface area contributed by atoms with Gasteiger partial charge in [0.1, 0.15) is 18.1 Å². The molecule has 1 atom stereocenters. The van der Waals surface area contributed by atoms with Gasteiger partial charge in [-0.25, -0.2) is 0 Å². The van der Waals surface area contributed by atoms with E-state index in [1.165, 1.54) is 4.90 Å². The number of anilines is 1. The molecule has 2 heterocycles. The third-order valence-corrected chi connectivity index (χ3v) is 6.50. The van der Waals surface area contributed by atoms with Crippen molar-refractivity contribution in [3.05, 3.63) is 64.7 Å². The number of hydrogen-bond donors (Lipinski definition) is 1. The molecular weight excluding hydrogens is 432 g/mol. The molecule has 1 unspecified atom stereocenters. The fourth-order valence-corrected chi connectivity index (χ4v) is 4.47. The fraction of sp³-hybridized carbons (Fsp3) is 0.407. The highest BCUT2D eigenvalue weighted by Gasteiger charge is 2.46. The average Bonchev–Trinajstić information content (AvgIpc) is 3.06. The second kappa shape index (κ2) is 9.14. The fourth-order valence-electron chi connectivity index (χ4n) is 4.47. The SMILES string of the molecule is COCCN1C(=O)C(=O)/C(=C(\O)c2ccc3c(c2)N(C)CCO3)C1c1ccc(C(C)(C)C)cc1. The summed E-state index contributed by atoms with van der Waals surface area (Å²) in [6.07, 6.45) is 0. The van der Waals surface area contributed by atoms with E-state index in [1.807, 2.05) is 36.2 Å². The number of aliphatic hydroxyl groups is 1. The molecule has 7 nitrogen and oxygen atoms in total. The molecule has 1 fully saturated rings. The Hall–Kier alpha value is -3.32. The van der Waals surface area contributed by atoms with Crippen molar-refractivity contribution in [3.63, 3.8) is 0 Å². The monoisotopic (exact) mass is 464 g/mol. The van der Waals surface area contributed by atoms with Gasteiger partial charge in [-0.2, -0.15) is 0 Å². The number of aliphatic hydroxyl groups excluding tert-OH is 1. The van der Waals surface area contributed by atoms with Crippen molar-refractivity contribution < 1.29 is 24.2 Å². The number of rotatable bonds is 5. The van der Waals surface area contributed by atoms with Crippen LogP contribution in [0.25, 0.3) is 5.76 Å². The maximum Gasteiger partial charge on any atom is 0.295 e. The molecule has 0 aliphatic carbocycles. The van der Waals surface area contributed by atoms with Crippen LogP contribution < -0.4 is 9.64 Å². The molecule has 0 spiro atoms. The van der Waals surface area contributed by atoms with Crippen LogP contribution in [-0.4, -0.2) is 62.2 Å². The standard InChI is InChI=1S/C27H32N2O5/c1-27(2,3)19-9-6-17(7-10-19)23-22(25(31)26(32)29(23)13-14-33-5)24(30)18-8-11-21-20(16-18)28(4)12-15-34-21/h6-11,16,23,30H,12-15H2,1-5H3/b24-22-. The highest BCUT2D eigenvalue weighted by molar-refractivity contribution is 6.46. The maximum absolute atomic E-state index is 13.2. The zero-order valence-electron chi connectivity index (χ0n) is 20.4. The minimum absolute atomic E-state index is 0.0341. The van der Waals surface area contributed by atoms with Crippen molar-refractivity contribution >= 4 is 23.1 Å². The van der Waals surface area contributed by atoms with Gasteiger partial charge in [-0.15, -0.1) is 0 Å². The number of nitrogens with zero attached hydrogens (tertiary/aromatic N) is 2. The molecule has 2 aliphatic rings. The minimum Gasteiger partial charge on any atom is -0.507 e. The molecule has 1 amide bonds. The average molecular weight is 465 g/mol. The van der Waals surface area contributed by atoms with Crippen LogP contribution in [0, 0.1) is 0 Å². The molecular formula is C27H32N2O5. The van der Waals surface area contributed by atoms with Crippen LogP contribution in [-0.2, 0) is 19.7 Å². The number of carbonyl (C=O) groups is 2. The summed E-state index contributed by atoms with van der Waals surface area (Å²) in [6, 6.07) is 12.5. The van der Waals surface area contributed by atoms with Crippen molar-refractivity contribution in [1.29, 1.82) is 0 Å². The number of ketones is 1. The number of benzene rings is 2. The van der Waals surface area contributed by atoms with Gasteiger partial charge in [0.25, 0.3) is 11.7 Å². The molecule has 2 aromatic rings. The summed E-state index contributed by atoms with van der Waals surface area (Å²) in [5, 5.41) is 11.3. The lowest BCUT2D eigenvalue weighted by molar-refractivity contribution is -0.140. The number of Topliss-reactive ketones (excluding diaryl/α,β-unsaturated/α-hetero) is 1. The Labute approximate surface area is 200 Å². The number of carbonyl (C=O) groups excluding carboxylic acids is 2. The number of amides is 1. The van der Waals surface area contributed by atoms with Crippen molar-refractivity contribution in [2.45, 2.75) is 32.2 Å². The van der Waals surface area contributed by atoms with E-state index in [4.69, 9.17) is 9.47 Å². The van der Waals surface area contributed by atoms with E-state index < -0.39 is 17.7 Å². The first-order valence-corrected chi connectivity index (χ1v) is 11.5. The number of likely N-dealkylation sites (N-methyl/N-ethyl adjacent to an activating group) is 1. The van der Waals surface area contributed by atoms with Gasteiger partial charge in [-0.05, 0) is 34.7 Å². The van der Waals surface area contributed by atoms with Crippen LogP contribution in [0.1, 0.15) is 43.5 Å². The number of methoxy groups -OCH3 is 1. The van der Waals surface area contributed by atoms with Crippen LogP contribution in [0.5, 0.6) is 5.75 Å². The molecule has 0 radical (unpaired) electrons. The van der Waals surface area contributed by atoms with E-state index >= 15 is 0 Å². The molecule has 0 bridgehead atoms. The number of ether oxygens (including phenoxy) is 2. The third-order valence-electron chi connectivity index (χ3n) is 6.50. The second-order valence-corrected chi connectivity index (χ2v) is 9.81. The van der Waals surface area contributed by atoms with E-state index in [0.29, 0.717) is 12.2 Å². The van der Waals surface area contributed by atoms with E-state index in [9.17, 15) is 14.7 Å². The number of hydrogen-bond acceptors (Lipinski definition) is 6. The lowest BCUT2D eigenvalue weighted by Crippen LogP contribution is -2.32. The van der Waals surface area contributed by atoms with Gasteiger partial charge < -0.3 is 24.4 Å². The van der Waals surface area contributed by atoms with Crippen LogP contribution in [0.15, 0.2) is 48.0 Å². The van der Waals surface area contributed by atoms with Gasteiger partial charge in [0.05, 0.1) is 30.5 Å². The zero-order chi connectivity index (χ0) is 24.6. The quantitative estimate of drug-likeness (QED) is 0.411. The largest absolute Gasteiger partial charge is 0.507 e. The molecule has 34 heavy (non-hydrogen) atoms. The van der Waals surface area contributed by atoms with E-state index in [2.05, 4.69) is 20.8 Å². The van der Waals surface area contributed by atoms with Crippen LogP contribution >= 0.6 is 0 Å². The highest BCUT2D eigenvalue weighted by Crippen LogP contribution is 2.41. The molecule has 180 valence electrons. The number of fused-ring (bicyclic) bond motifs is 1. The molecule has 1 N–H and O–H groups in total. The highest BCUT2D eigenvalue weighted by atomic mass is 16.5. The molecule has 0 aromatic heterocycles. The van der Waals surface area contributed by atoms with Crippen LogP contribution in [0.3, 0.4) is 0 Å². The lowest BCUT2D eigenvalue weighted by Gasteiger charge is -2.28. The first-order valence-electron chi connectivity index (χ1n) is 11.5. The number of likely N-dealkylation sites (tertiary alicyclic amines) is 1. The van der Waals surface area contributed by atoms with Crippen molar-refractivity contribution in [1.82, 2.24) is 4.90 Å². The summed E-state index contributed by atoms with van der Waals surface area (Å²) in [4.78, 5) is 29.7. The van der Waals surface area contributed by atoms with E-state index in [1.54, 1.807) is 25.3 Å². The Bertz CT molecular complexity index is 1130. The summed E-state index contributed by atoms with van der Waals surface area (Å²) < 4.78 is 10.9. The summed E-state index contributed by atoms with van der Waals surface area (Å²) >= 11 is 0. The summed E-state index contributed by atoms with van der Waals surface area (Å²) in [6.45, 7) is 8.22. The smallest absolute Gasteiger partial charge is 0.295 e. The zero-order valence-corrected chi connectivity index (χ0v) is 20.4. The summed E-state index contributed by atoms with van der Waals surface area (Å²) in [5.41, 5.74) is 3.26. The Morgan fingerprint density at radius 2 is 1.85 bits per heavy atom. The summed E-state index contributed by atoms with van der Waals surface area (Å²) in [5.74, 6) is -0.798. The third kappa shape index (κ3) is 4.28. The van der Waals surface area contributed by atoms with Crippen molar-refractivity contribution in [2.24, 2.45) is 0 Å². The molecule has 4 rings (SSSR count). The molecule has 2 aromatic carbocycles. The Kier molecular flexibility index (Phi) is 6.41. The topological polar surface area (TPSA) is 79.3 Å². The Balaban J connectivity index is 1.83. The molecule has 1 saturated heterocycles. The lowest BCUT2D eigenvalue weighted by atomic mass is 9.85. The Morgan fingerprint density at radius 1 is 1.15 bits per heavy atom. The van der Waals surface area contributed by atoms with Gasteiger partial charge in [0.2, 0.25) is 0 Å².